The van der Waals surface area contributed by atoms with Crippen LogP contribution in [-0.4, -0.2) is 76.5 Å². The summed E-state index contributed by atoms with van der Waals surface area (Å²) in [6.45, 7) is 5.75. The zero-order valence-corrected chi connectivity index (χ0v) is 38.9. The van der Waals surface area contributed by atoms with Crippen LogP contribution in [0.3, 0.4) is 0 Å². The number of hydrogen-bond acceptors (Lipinski definition) is 15. The van der Waals surface area contributed by atoms with Crippen molar-refractivity contribution in [3.8, 4) is 31.7 Å². The number of aromatic nitrogens is 12. The number of pyridine rings is 3. The van der Waals surface area contributed by atoms with Crippen LogP contribution in [0.4, 0.5) is 0 Å². The van der Waals surface area contributed by atoms with Gasteiger partial charge in [-0.15, -0.1) is 34.0 Å². The van der Waals surface area contributed by atoms with Crippen LogP contribution in [0, 0.1) is 9.64 Å². The van der Waals surface area contributed by atoms with E-state index in [1.807, 2.05) is 45.0 Å². The molecule has 0 saturated heterocycles. The van der Waals surface area contributed by atoms with Crippen LogP contribution in [0.15, 0.2) is 129 Å². The SMILES string of the molecule is CCC(=O)c1cnc(-c2cn[nH]c2)s1.CCC(O)(c1ccncc1)c1cnc(-c2cn[nH]c2)s1.CCC(O)c1cnc(-c2cn[nH]c2)s1.Ic1ccncc1.[Li+].[c-]1ccncc1. The maximum Gasteiger partial charge on any atom is 1.00 e. The number of ketones is 1. The number of rotatable bonds is 10. The van der Waals surface area contributed by atoms with Gasteiger partial charge in [-0.3, -0.25) is 30.1 Å². The Labute approximate surface area is 396 Å². The molecule has 0 saturated carbocycles. The first kappa shape index (κ1) is 49.5. The topological polar surface area (TPSA) is 221 Å². The van der Waals surface area contributed by atoms with Gasteiger partial charge in [0.25, 0.3) is 0 Å². The average Bonchev–Trinajstić information content (AvgIpc) is 4.16. The molecule has 5 N–H and O–H groups in total. The summed E-state index contributed by atoms with van der Waals surface area (Å²) in [5, 5.41) is 43.0. The fourth-order valence-corrected chi connectivity index (χ4v) is 8.22. The Balaban J connectivity index is 0.000000180. The van der Waals surface area contributed by atoms with E-state index in [-0.39, 0.29) is 24.6 Å². The maximum atomic E-state index is 11.3. The quantitative estimate of drug-likeness (QED) is 0.0445. The maximum absolute atomic E-state index is 11.3. The van der Waals surface area contributed by atoms with E-state index >= 15 is 0 Å². The van der Waals surface area contributed by atoms with E-state index in [0.29, 0.717) is 24.1 Å². The number of carbonyl (C=O) groups excluding carboxylic acids is 1. The second-order valence-electron chi connectivity index (χ2n) is 12.4. The van der Waals surface area contributed by atoms with Crippen molar-refractivity contribution in [3.63, 3.8) is 0 Å². The van der Waals surface area contributed by atoms with Crippen molar-refractivity contribution in [1.29, 1.82) is 0 Å². The van der Waals surface area contributed by atoms with E-state index in [2.05, 4.69) is 89.2 Å². The number of aromatic amines is 3. The number of nitrogens with one attached hydrogen (secondary N) is 3. The molecule has 0 spiro atoms. The minimum Gasteiger partial charge on any atom is -0.391 e. The van der Waals surface area contributed by atoms with E-state index in [1.165, 1.54) is 37.6 Å². The fraction of sp³-hybridized carbons (Fsp3) is 0.190. The van der Waals surface area contributed by atoms with Crippen molar-refractivity contribution in [1.82, 2.24) is 60.5 Å². The number of Topliss-reactive ketones (excluding diaryl/α,β-unsaturated/α-hetero) is 1. The van der Waals surface area contributed by atoms with Gasteiger partial charge in [-0.1, -0.05) is 33.2 Å². The second kappa shape index (κ2) is 26.4. The predicted octanol–water partition coefficient (Wildman–Crippen LogP) is 6.25. The Bertz CT molecular complexity index is 2500. The normalized spacial score (nSPS) is 11.6. The summed E-state index contributed by atoms with van der Waals surface area (Å²) in [6.07, 6.45) is 27.3. The Morgan fingerprint density at radius 2 is 1.21 bits per heavy atom. The number of aliphatic hydroxyl groups excluding tert-OH is 1. The molecule has 0 aliphatic heterocycles. The standard InChI is InChI=1S/C14H14N4OS.C9H11N3OS.C9H9N3OS.C5H4IN.C5H4N.Li/c1-2-14(19,11-3-5-15-6-4-11)12-9-16-13(20-12)10-7-17-18-8-10;2*1-2-7(13)8-5-10-9(14-8)6-3-11-12-4-6;6-5-1-3-7-4-2-5;1-2-4-6-5-3-1;/h3-9,19H,2H2,1H3,(H,17,18);3-5,7,13H,2H2,1H3,(H,11,12);3-5H,2H2,1H3,(H,11,12);1-4H;2-5H;/q;;;;-1;+1. The molecule has 15 nitrogen and oxygen atoms in total. The first-order valence-corrected chi connectivity index (χ1v) is 22.3. The number of carbonyl (C=O) groups is 1. The third-order valence-corrected chi connectivity index (χ3v) is 12.5. The zero-order valence-electron chi connectivity index (χ0n) is 34.3. The third-order valence-electron chi connectivity index (χ3n) is 8.31. The molecule has 0 bridgehead atoms. The number of hydrogen-bond donors (Lipinski definition) is 5. The summed E-state index contributed by atoms with van der Waals surface area (Å²) in [6, 6.07) is 13.9. The molecule has 0 radical (unpaired) electrons. The first-order valence-electron chi connectivity index (χ1n) is 18.8. The molecule has 0 aromatic carbocycles. The molecule has 62 heavy (non-hydrogen) atoms. The summed E-state index contributed by atoms with van der Waals surface area (Å²) in [5.41, 5.74) is 2.62. The summed E-state index contributed by atoms with van der Waals surface area (Å²) in [5.74, 6) is 0.136. The summed E-state index contributed by atoms with van der Waals surface area (Å²) < 4.78 is 1.23. The van der Waals surface area contributed by atoms with Gasteiger partial charge in [0, 0.05) is 88.6 Å². The van der Waals surface area contributed by atoms with Gasteiger partial charge in [0.05, 0.1) is 39.3 Å². The van der Waals surface area contributed by atoms with Gasteiger partial charge in [0.1, 0.15) is 20.6 Å². The van der Waals surface area contributed by atoms with Gasteiger partial charge in [0.15, 0.2) is 5.78 Å². The summed E-state index contributed by atoms with van der Waals surface area (Å²) in [4.78, 5) is 38.1. The van der Waals surface area contributed by atoms with Crippen LogP contribution in [0.25, 0.3) is 31.7 Å². The van der Waals surface area contributed by atoms with Crippen LogP contribution >= 0.6 is 56.6 Å². The first-order chi connectivity index (χ1) is 29.7. The Kier molecular flexibility index (Phi) is 21.1. The van der Waals surface area contributed by atoms with E-state index in [0.717, 1.165) is 47.0 Å². The number of aliphatic hydroxyl groups is 2. The molecule has 2 unspecified atom stereocenters. The van der Waals surface area contributed by atoms with Crippen molar-refractivity contribution in [3.05, 3.63) is 159 Å². The number of thiazole rings is 3. The molecular formula is C42H42ILiN12O3S3. The Morgan fingerprint density at radius 1 is 0.710 bits per heavy atom. The molecule has 314 valence electrons. The number of halogens is 1. The van der Waals surface area contributed by atoms with E-state index in [9.17, 15) is 15.0 Å². The predicted molar refractivity (Wildman–Crippen MR) is 247 cm³/mol. The van der Waals surface area contributed by atoms with Gasteiger partial charge in [-0.25, -0.2) is 15.0 Å². The average molecular weight is 993 g/mol. The molecule has 0 fully saturated rings. The van der Waals surface area contributed by atoms with Gasteiger partial charge in [-0.2, -0.15) is 33.5 Å². The molecule has 0 amide bonds. The Hall–Kier alpha value is -5.11. The van der Waals surface area contributed by atoms with Crippen molar-refractivity contribution in [2.24, 2.45) is 0 Å². The van der Waals surface area contributed by atoms with Gasteiger partial charge in [-0.05, 0) is 65.3 Å². The molecular weight excluding hydrogens is 951 g/mol. The minimum absolute atomic E-state index is 0. The Morgan fingerprint density at radius 3 is 1.65 bits per heavy atom. The second-order valence-corrected chi connectivity index (χ2v) is 16.7. The molecule has 9 rings (SSSR count). The van der Waals surface area contributed by atoms with Crippen LogP contribution in [0.2, 0.25) is 0 Å². The molecule has 9 aromatic rings. The third kappa shape index (κ3) is 14.8. The summed E-state index contributed by atoms with van der Waals surface area (Å²) in [7, 11) is 0. The number of nitrogens with zero attached hydrogens (tertiary/aromatic N) is 9. The van der Waals surface area contributed by atoms with Crippen molar-refractivity contribution < 1.29 is 33.9 Å². The fourth-order valence-electron chi connectivity index (χ4n) is 4.95. The van der Waals surface area contributed by atoms with Crippen LogP contribution in [0.1, 0.15) is 71.1 Å². The molecule has 20 heteroatoms. The molecule has 9 aromatic heterocycles. The van der Waals surface area contributed by atoms with Crippen molar-refractivity contribution in [2.75, 3.05) is 0 Å². The van der Waals surface area contributed by atoms with E-state index in [4.69, 9.17) is 0 Å². The van der Waals surface area contributed by atoms with Gasteiger partial charge >= 0.3 is 18.9 Å². The van der Waals surface area contributed by atoms with E-state index in [1.54, 1.807) is 105 Å². The van der Waals surface area contributed by atoms with E-state index < -0.39 is 11.7 Å². The molecule has 0 aliphatic carbocycles. The largest absolute Gasteiger partial charge is 1.00 e. The number of H-pyrrole nitrogens is 3. The molecule has 2 atom stereocenters. The van der Waals surface area contributed by atoms with Gasteiger partial charge < -0.3 is 15.2 Å². The molecule has 9 heterocycles. The monoisotopic (exact) mass is 992 g/mol. The zero-order chi connectivity index (χ0) is 43.3. The van der Waals surface area contributed by atoms with Crippen molar-refractivity contribution in [2.45, 2.75) is 51.7 Å². The van der Waals surface area contributed by atoms with Crippen LogP contribution < -0.4 is 18.9 Å². The minimum atomic E-state index is -1.03. The summed E-state index contributed by atoms with van der Waals surface area (Å²) >= 11 is 6.62. The smallest absolute Gasteiger partial charge is 0.391 e. The van der Waals surface area contributed by atoms with Crippen molar-refractivity contribution >= 4 is 62.4 Å². The van der Waals surface area contributed by atoms with Gasteiger partial charge in [0.2, 0.25) is 0 Å². The van der Waals surface area contributed by atoms with Crippen LogP contribution in [-0.2, 0) is 5.60 Å². The van der Waals surface area contributed by atoms with Crippen LogP contribution in [0.5, 0.6) is 0 Å². The molecule has 0 aliphatic rings.